The van der Waals surface area contributed by atoms with E-state index in [0.717, 1.165) is 21.5 Å². The van der Waals surface area contributed by atoms with E-state index in [2.05, 4.69) is 15.6 Å². The van der Waals surface area contributed by atoms with Crippen LogP contribution >= 0.6 is 11.3 Å². The van der Waals surface area contributed by atoms with Crippen LogP contribution < -0.4 is 15.4 Å². The van der Waals surface area contributed by atoms with Crippen molar-refractivity contribution >= 4 is 44.2 Å². The summed E-state index contributed by atoms with van der Waals surface area (Å²) in [6.45, 7) is 2.48. The predicted molar refractivity (Wildman–Crippen MR) is 106 cm³/mol. The number of hydrogen-bond acceptors (Lipinski definition) is 5. The number of thiazole rings is 1. The zero-order valence-corrected chi connectivity index (χ0v) is 15.6. The van der Waals surface area contributed by atoms with Gasteiger partial charge in [0.05, 0.1) is 17.2 Å². The van der Waals surface area contributed by atoms with E-state index in [-0.39, 0.29) is 24.2 Å². The van der Waals surface area contributed by atoms with Gasteiger partial charge in [-0.3, -0.25) is 9.59 Å². The third-order valence-electron chi connectivity index (χ3n) is 4.50. The summed E-state index contributed by atoms with van der Waals surface area (Å²) >= 11 is 1.41. The molecule has 0 saturated carbocycles. The zero-order valence-electron chi connectivity index (χ0n) is 14.8. The van der Waals surface area contributed by atoms with Crippen molar-refractivity contribution in [2.24, 2.45) is 0 Å². The Morgan fingerprint density at radius 1 is 1.26 bits per heavy atom. The molecule has 6 nitrogen and oxygen atoms in total. The number of hydrogen-bond donors (Lipinski definition) is 2. The van der Waals surface area contributed by atoms with Crippen LogP contribution in [0.4, 0.5) is 10.8 Å². The molecule has 0 aliphatic carbocycles. The molecule has 0 bridgehead atoms. The molecule has 1 aromatic heterocycles. The largest absolute Gasteiger partial charge is 0.492 e. The van der Waals surface area contributed by atoms with Gasteiger partial charge in [0.1, 0.15) is 11.3 Å². The van der Waals surface area contributed by atoms with E-state index >= 15 is 0 Å². The van der Waals surface area contributed by atoms with Gasteiger partial charge in [-0.1, -0.05) is 35.6 Å². The highest BCUT2D eigenvalue weighted by Gasteiger charge is 2.30. The molecule has 0 saturated heterocycles. The smallest absolute Gasteiger partial charge is 0.232 e. The highest BCUT2D eigenvalue weighted by molar-refractivity contribution is 7.22. The van der Waals surface area contributed by atoms with Gasteiger partial charge < -0.3 is 15.4 Å². The average molecular weight is 381 g/mol. The summed E-state index contributed by atoms with van der Waals surface area (Å²) in [4.78, 5) is 29.0. The Bertz CT molecular complexity index is 1010. The second kappa shape index (κ2) is 7.36. The van der Waals surface area contributed by atoms with E-state index in [0.29, 0.717) is 23.9 Å². The second-order valence-corrected chi connectivity index (χ2v) is 7.30. The Hall–Kier alpha value is -2.93. The first-order chi connectivity index (χ1) is 13.2. The first kappa shape index (κ1) is 17.5. The van der Waals surface area contributed by atoms with Crippen LogP contribution in [-0.4, -0.2) is 23.4 Å². The van der Waals surface area contributed by atoms with E-state index in [1.807, 2.05) is 49.4 Å². The maximum absolute atomic E-state index is 12.4. The highest BCUT2D eigenvalue weighted by Crippen LogP contribution is 2.35. The molecule has 2 aromatic carbocycles. The highest BCUT2D eigenvalue weighted by atomic mass is 32.1. The Labute approximate surface area is 160 Å². The van der Waals surface area contributed by atoms with Crippen molar-refractivity contribution < 1.29 is 14.3 Å². The van der Waals surface area contributed by atoms with E-state index in [9.17, 15) is 9.59 Å². The molecule has 27 heavy (non-hydrogen) atoms. The minimum atomic E-state index is -0.285. The number of para-hydroxylation sites is 2. The fourth-order valence-corrected chi connectivity index (χ4v) is 4.17. The summed E-state index contributed by atoms with van der Waals surface area (Å²) in [6.07, 6.45) is 0.713. The topological polar surface area (TPSA) is 80.3 Å². The molecule has 2 N–H and O–H groups in total. The van der Waals surface area contributed by atoms with Crippen LogP contribution in [-0.2, 0) is 9.59 Å². The van der Waals surface area contributed by atoms with Crippen LogP contribution in [0.25, 0.3) is 10.2 Å². The summed E-state index contributed by atoms with van der Waals surface area (Å²) in [5, 5.41) is 6.25. The Kier molecular flexibility index (Phi) is 4.77. The number of benzene rings is 2. The van der Waals surface area contributed by atoms with Crippen molar-refractivity contribution in [3.8, 4) is 5.75 Å². The summed E-state index contributed by atoms with van der Waals surface area (Å²) in [7, 11) is 0. The summed E-state index contributed by atoms with van der Waals surface area (Å²) in [5.41, 5.74) is 2.54. The van der Waals surface area contributed by atoms with Gasteiger partial charge in [0.2, 0.25) is 11.8 Å². The minimum absolute atomic E-state index is 0.0506. The lowest BCUT2D eigenvalue weighted by Gasteiger charge is -2.08. The summed E-state index contributed by atoms with van der Waals surface area (Å²) < 4.78 is 6.54. The normalized spacial score (nSPS) is 15.4. The fraction of sp³-hybridized carbons (Fsp3) is 0.250. The molecule has 2 amide bonds. The number of fused-ring (bicyclic) bond motifs is 2. The zero-order chi connectivity index (χ0) is 18.8. The van der Waals surface area contributed by atoms with Crippen molar-refractivity contribution in [1.29, 1.82) is 0 Å². The number of amides is 2. The summed E-state index contributed by atoms with van der Waals surface area (Å²) in [5.74, 6) is 0.229. The molecule has 0 radical (unpaired) electrons. The number of ether oxygens (including phenoxy) is 1. The molecular formula is C20H19N3O3S. The van der Waals surface area contributed by atoms with Gasteiger partial charge in [0.15, 0.2) is 5.13 Å². The van der Waals surface area contributed by atoms with Gasteiger partial charge >= 0.3 is 0 Å². The number of anilines is 2. The standard InChI is InChI=1S/C20H19N3O3S/c1-2-26-15-8-5-9-16-18(15)23-20(27-16)22-17(24)11-10-13-12-6-3-4-7-14(12)21-19(13)25/h3-9,13H,2,10-11H2,1H3,(H,21,25)(H,22,23,24)/t13-/m0/s1. The van der Waals surface area contributed by atoms with Gasteiger partial charge in [-0.25, -0.2) is 4.98 Å². The number of nitrogens with one attached hydrogen (secondary N) is 2. The van der Waals surface area contributed by atoms with Crippen molar-refractivity contribution in [2.45, 2.75) is 25.7 Å². The van der Waals surface area contributed by atoms with Crippen LogP contribution in [0.15, 0.2) is 42.5 Å². The van der Waals surface area contributed by atoms with Crippen LogP contribution in [0, 0.1) is 0 Å². The molecule has 4 rings (SSSR count). The number of nitrogens with zero attached hydrogens (tertiary/aromatic N) is 1. The van der Waals surface area contributed by atoms with Gasteiger partial charge in [-0.15, -0.1) is 0 Å². The molecule has 1 aliphatic rings. The number of carbonyl (C=O) groups is 2. The SMILES string of the molecule is CCOc1cccc2sc(NC(=O)CC[C@@H]3C(=O)Nc4ccccc43)nc12. The lowest BCUT2D eigenvalue weighted by molar-refractivity contribution is -0.118. The van der Waals surface area contributed by atoms with Crippen LogP contribution in [0.3, 0.4) is 0 Å². The third-order valence-corrected chi connectivity index (χ3v) is 5.43. The van der Waals surface area contributed by atoms with Crippen LogP contribution in [0.2, 0.25) is 0 Å². The van der Waals surface area contributed by atoms with Gasteiger partial charge in [0, 0.05) is 12.1 Å². The predicted octanol–water partition coefficient (Wildman–Crippen LogP) is 4.15. The molecule has 0 unspecified atom stereocenters. The van der Waals surface area contributed by atoms with Gasteiger partial charge in [-0.05, 0) is 37.1 Å². The lowest BCUT2D eigenvalue weighted by atomic mass is 9.95. The van der Waals surface area contributed by atoms with Gasteiger partial charge in [0.25, 0.3) is 0 Å². The number of carbonyl (C=O) groups excluding carboxylic acids is 2. The monoisotopic (exact) mass is 381 g/mol. The molecule has 3 aromatic rings. The second-order valence-electron chi connectivity index (χ2n) is 6.27. The van der Waals surface area contributed by atoms with E-state index < -0.39 is 0 Å². The molecule has 138 valence electrons. The van der Waals surface area contributed by atoms with Crippen molar-refractivity contribution in [1.82, 2.24) is 4.98 Å². The van der Waals surface area contributed by atoms with Crippen molar-refractivity contribution in [3.63, 3.8) is 0 Å². The molecule has 0 fully saturated rings. The fourth-order valence-electron chi connectivity index (χ4n) is 3.27. The molecule has 7 heteroatoms. The van der Waals surface area contributed by atoms with E-state index in [4.69, 9.17) is 4.74 Å². The molecule has 1 aliphatic heterocycles. The maximum atomic E-state index is 12.4. The molecular weight excluding hydrogens is 362 g/mol. The Balaban J connectivity index is 1.42. The molecule has 1 atom stereocenters. The number of aromatic nitrogens is 1. The van der Waals surface area contributed by atoms with Crippen molar-refractivity contribution in [3.05, 3.63) is 48.0 Å². The Morgan fingerprint density at radius 3 is 2.96 bits per heavy atom. The van der Waals surface area contributed by atoms with E-state index in [1.165, 1.54) is 11.3 Å². The van der Waals surface area contributed by atoms with Gasteiger partial charge in [-0.2, -0.15) is 0 Å². The number of rotatable bonds is 6. The van der Waals surface area contributed by atoms with Crippen LogP contribution in [0.1, 0.15) is 31.2 Å². The summed E-state index contributed by atoms with van der Waals surface area (Å²) in [6, 6.07) is 13.3. The van der Waals surface area contributed by atoms with Crippen LogP contribution in [0.5, 0.6) is 5.75 Å². The minimum Gasteiger partial charge on any atom is -0.492 e. The average Bonchev–Trinajstić information content (AvgIpc) is 3.20. The first-order valence-electron chi connectivity index (χ1n) is 8.87. The van der Waals surface area contributed by atoms with E-state index in [1.54, 1.807) is 0 Å². The molecule has 2 heterocycles. The lowest BCUT2D eigenvalue weighted by Crippen LogP contribution is -2.16. The third kappa shape index (κ3) is 3.50. The molecule has 0 spiro atoms. The first-order valence-corrected chi connectivity index (χ1v) is 9.69. The maximum Gasteiger partial charge on any atom is 0.232 e. The Morgan fingerprint density at radius 2 is 2.11 bits per heavy atom. The quantitative estimate of drug-likeness (QED) is 0.672. The van der Waals surface area contributed by atoms with Crippen molar-refractivity contribution in [2.75, 3.05) is 17.2 Å².